The number of methoxy groups -OCH3 is 1. The van der Waals surface area contributed by atoms with Crippen LogP contribution in [-0.4, -0.2) is 24.7 Å². The summed E-state index contributed by atoms with van der Waals surface area (Å²) < 4.78 is 21.8. The highest BCUT2D eigenvalue weighted by Crippen LogP contribution is 2.28. The smallest absolute Gasteiger partial charge is 0.331 e. The average molecular weight is 419 g/mol. The summed E-state index contributed by atoms with van der Waals surface area (Å²) in [5.41, 5.74) is 2.54. The van der Waals surface area contributed by atoms with Crippen molar-refractivity contribution in [3.63, 3.8) is 0 Å². The molecule has 0 spiro atoms. The lowest BCUT2D eigenvalue weighted by Crippen LogP contribution is -2.01. The Morgan fingerprint density at radius 3 is 2.52 bits per heavy atom. The third-order valence-electron chi connectivity index (χ3n) is 4.32. The van der Waals surface area contributed by atoms with E-state index >= 15 is 0 Å². The number of hydrogen-bond acceptors (Lipinski definition) is 6. The van der Waals surface area contributed by atoms with Gasteiger partial charge in [-0.25, -0.2) is 4.79 Å². The van der Waals surface area contributed by atoms with Gasteiger partial charge in [-0.15, -0.1) is 0 Å². The summed E-state index contributed by atoms with van der Waals surface area (Å²) in [6.45, 7) is 3.04. The maximum atomic E-state index is 12.0. The van der Waals surface area contributed by atoms with Gasteiger partial charge in [0.2, 0.25) is 0 Å². The van der Waals surface area contributed by atoms with Crippen LogP contribution in [0.3, 0.4) is 0 Å². The van der Waals surface area contributed by atoms with Crippen LogP contribution in [0.25, 0.3) is 6.08 Å². The van der Waals surface area contributed by atoms with Crippen molar-refractivity contribution in [2.45, 2.75) is 20.1 Å². The summed E-state index contributed by atoms with van der Waals surface area (Å²) in [5.74, 6) is 1.58. The Bertz CT molecular complexity index is 1000. The van der Waals surface area contributed by atoms with Gasteiger partial charge in [0, 0.05) is 12.3 Å². The van der Waals surface area contributed by atoms with Crippen molar-refractivity contribution in [1.29, 1.82) is 0 Å². The van der Waals surface area contributed by atoms with Gasteiger partial charge in [-0.3, -0.25) is 4.98 Å². The Labute approximate surface area is 182 Å². The SMILES string of the molecule is CCOc1ccc(/C=C/C(=O)OCc2ccc(OCc3ccccn3)cc2)cc1OC. The lowest BCUT2D eigenvalue weighted by molar-refractivity contribution is -0.138. The highest BCUT2D eigenvalue weighted by Gasteiger charge is 2.05. The van der Waals surface area contributed by atoms with E-state index in [1.54, 1.807) is 25.4 Å². The van der Waals surface area contributed by atoms with E-state index in [9.17, 15) is 4.79 Å². The number of carbonyl (C=O) groups is 1. The summed E-state index contributed by atoms with van der Waals surface area (Å²) in [6.07, 6.45) is 4.80. The zero-order chi connectivity index (χ0) is 21.9. The first kappa shape index (κ1) is 21.9. The van der Waals surface area contributed by atoms with E-state index in [-0.39, 0.29) is 6.61 Å². The molecule has 1 aromatic heterocycles. The molecule has 6 heteroatoms. The van der Waals surface area contributed by atoms with Crippen molar-refractivity contribution >= 4 is 12.0 Å². The topological polar surface area (TPSA) is 66.9 Å². The molecule has 3 rings (SSSR count). The zero-order valence-corrected chi connectivity index (χ0v) is 17.6. The summed E-state index contributed by atoms with van der Waals surface area (Å²) in [5, 5.41) is 0. The Balaban J connectivity index is 1.48. The Hall–Kier alpha value is -3.80. The molecular formula is C25H25NO5. The Morgan fingerprint density at radius 2 is 1.81 bits per heavy atom. The standard InChI is InChI=1S/C25H25NO5/c1-3-29-23-13-9-19(16-24(23)28-2)10-14-25(27)31-17-20-7-11-22(12-8-20)30-18-21-6-4-5-15-26-21/h4-16H,3,17-18H2,1-2H3/b14-10+. The van der Waals surface area contributed by atoms with Crippen molar-refractivity contribution in [2.24, 2.45) is 0 Å². The Kier molecular flexibility index (Phi) is 8.05. The first-order valence-electron chi connectivity index (χ1n) is 9.95. The van der Waals surface area contributed by atoms with Crippen LogP contribution < -0.4 is 14.2 Å². The van der Waals surface area contributed by atoms with E-state index in [4.69, 9.17) is 18.9 Å². The highest BCUT2D eigenvalue weighted by molar-refractivity contribution is 5.87. The van der Waals surface area contributed by atoms with E-state index in [0.29, 0.717) is 24.7 Å². The predicted molar refractivity (Wildman–Crippen MR) is 118 cm³/mol. The number of pyridine rings is 1. The summed E-state index contributed by atoms with van der Waals surface area (Å²) in [6, 6.07) is 18.6. The number of ether oxygens (including phenoxy) is 4. The number of rotatable bonds is 10. The second-order valence-electron chi connectivity index (χ2n) is 6.54. The van der Waals surface area contributed by atoms with E-state index in [2.05, 4.69) is 4.98 Å². The second-order valence-corrected chi connectivity index (χ2v) is 6.54. The van der Waals surface area contributed by atoms with Crippen molar-refractivity contribution in [3.8, 4) is 17.2 Å². The molecule has 0 aliphatic carbocycles. The number of esters is 1. The predicted octanol–water partition coefficient (Wildman–Crippen LogP) is 4.82. The molecule has 6 nitrogen and oxygen atoms in total. The number of carbonyl (C=O) groups excluding carboxylic acids is 1. The lowest BCUT2D eigenvalue weighted by Gasteiger charge is -2.09. The van der Waals surface area contributed by atoms with Crippen molar-refractivity contribution in [2.75, 3.05) is 13.7 Å². The molecule has 0 radical (unpaired) electrons. The minimum absolute atomic E-state index is 0.177. The molecular weight excluding hydrogens is 394 g/mol. The van der Waals surface area contributed by atoms with Gasteiger partial charge >= 0.3 is 5.97 Å². The monoisotopic (exact) mass is 419 g/mol. The van der Waals surface area contributed by atoms with Crippen LogP contribution in [0, 0.1) is 0 Å². The van der Waals surface area contributed by atoms with Gasteiger partial charge in [-0.1, -0.05) is 24.3 Å². The van der Waals surface area contributed by atoms with E-state index in [1.165, 1.54) is 6.08 Å². The maximum Gasteiger partial charge on any atom is 0.331 e. The molecule has 0 bridgehead atoms. The number of hydrogen-bond donors (Lipinski definition) is 0. The zero-order valence-electron chi connectivity index (χ0n) is 17.6. The van der Waals surface area contributed by atoms with Gasteiger partial charge in [-0.2, -0.15) is 0 Å². The molecule has 0 atom stereocenters. The fourth-order valence-electron chi connectivity index (χ4n) is 2.75. The van der Waals surface area contributed by atoms with Crippen LogP contribution in [-0.2, 0) is 22.7 Å². The molecule has 160 valence electrons. The normalized spacial score (nSPS) is 10.6. The molecule has 0 fully saturated rings. The molecule has 0 unspecified atom stereocenters. The maximum absolute atomic E-state index is 12.0. The van der Waals surface area contributed by atoms with Crippen molar-refractivity contribution in [3.05, 3.63) is 89.8 Å². The van der Waals surface area contributed by atoms with Crippen LogP contribution in [0.15, 0.2) is 72.9 Å². The lowest BCUT2D eigenvalue weighted by atomic mass is 10.2. The molecule has 0 saturated carbocycles. The fraction of sp³-hybridized carbons (Fsp3) is 0.200. The van der Waals surface area contributed by atoms with Gasteiger partial charge < -0.3 is 18.9 Å². The first-order valence-corrected chi connectivity index (χ1v) is 9.95. The highest BCUT2D eigenvalue weighted by atomic mass is 16.5. The quantitative estimate of drug-likeness (QED) is 0.347. The van der Waals surface area contributed by atoms with Crippen molar-refractivity contribution in [1.82, 2.24) is 4.98 Å². The second kappa shape index (κ2) is 11.4. The molecule has 0 saturated heterocycles. The van der Waals surface area contributed by atoms with Crippen LogP contribution in [0.5, 0.6) is 17.2 Å². The molecule has 31 heavy (non-hydrogen) atoms. The number of benzene rings is 2. The van der Waals surface area contributed by atoms with Gasteiger partial charge in [-0.05, 0) is 60.5 Å². The van der Waals surface area contributed by atoms with Crippen LogP contribution in [0.2, 0.25) is 0 Å². The van der Waals surface area contributed by atoms with E-state index in [0.717, 1.165) is 22.6 Å². The molecule has 0 aliphatic heterocycles. The third-order valence-corrected chi connectivity index (χ3v) is 4.32. The summed E-state index contributed by atoms with van der Waals surface area (Å²) in [4.78, 5) is 16.3. The molecule has 2 aromatic carbocycles. The van der Waals surface area contributed by atoms with Crippen molar-refractivity contribution < 1.29 is 23.7 Å². The van der Waals surface area contributed by atoms with Gasteiger partial charge in [0.1, 0.15) is 19.0 Å². The minimum Gasteiger partial charge on any atom is -0.493 e. The average Bonchev–Trinajstić information content (AvgIpc) is 2.82. The largest absolute Gasteiger partial charge is 0.493 e. The first-order chi connectivity index (χ1) is 15.2. The fourth-order valence-corrected chi connectivity index (χ4v) is 2.75. The minimum atomic E-state index is -0.427. The van der Waals surface area contributed by atoms with Crippen LogP contribution >= 0.6 is 0 Å². The molecule has 3 aromatic rings. The number of aromatic nitrogens is 1. The third kappa shape index (κ3) is 6.89. The van der Waals surface area contributed by atoms with Gasteiger partial charge in [0.25, 0.3) is 0 Å². The molecule has 1 heterocycles. The molecule has 0 amide bonds. The summed E-state index contributed by atoms with van der Waals surface area (Å²) >= 11 is 0. The summed E-state index contributed by atoms with van der Waals surface area (Å²) in [7, 11) is 1.58. The van der Waals surface area contributed by atoms with Gasteiger partial charge in [0.05, 0.1) is 19.4 Å². The van der Waals surface area contributed by atoms with Gasteiger partial charge in [0.15, 0.2) is 11.5 Å². The molecule has 0 aliphatic rings. The van der Waals surface area contributed by atoms with Crippen LogP contribution in [0.4, 0.5) is 0 Å². The van der Waals surface area contributed by atoms with Crippen LogP contribution in [0.1, 0.15) is 23.7 Å². The van der Waals surface area contributed by atoms with E-state index < -0.39 is 5.97 Å². The Morgan fingerprint density at radius 1 is 0.968 bits per heavy atom. The number of nitrogens with zero attached hydrogens (tertiary/aromatic N) is 1. The molecule has 0 N–H and O–H groups in total. The van der Waals surface area contributed by atoms with E-state index in [1.807, 2.05) is 61.5 Å².